The number of carbonyl (C=O) groups excluding carboxylic acids is 4. The molecule has 0 spiro atoms. The lowest BCUT2D eigenvalue weighted by Gasteiger charge is -2.36. The van der Waals surface area contributed by atoms with Gasteiger partial charge in [0.05, 0.1) is 12.5 Å². The van der Waals surface area contributed by atoms with Crippen molar-refractivity contribution in [1.29, 1.82) is 0 Å². The van der Waals surface area contributed by atoms with Crippen molar-refractivity contribution >= 4 is 29.7 Å². The van der Waals surface area contributed by atoms with Gasteiger partial charge in [-0.15, -0.1) is 0 Å². The highest BCUT2D eigenvalue weighted by molar-refractivity contribution is 5.86. The van der Waals surface area contributed by atoms with Crippen molar-refractivity contribution in [3.8, 4) is 0 Å². The van der Waals surface area contributed by atoms with E-state index in [1.54, 1.807) is 31.2 Å². The second-order valence-electron chi connectivity index (χ2n) is 10.5. The second kappa shape index (κ2) is 15.4. The van der Waals surface area contributed by atoms with Gasteiger partial charge in [0, 0.05) is 32.2 Å². The van der Waals surface area contributed by atoms with E-state index in [2.05, 4.69) is 5.32 Å². The predicted octanol–water partition coefficient (Wildman–Crippen LogP) is 2.05. The summed E-state index contributed by atoms with van der Waals surface area (Å²) in [6, 6.07) is 5.98. The van der Waals surface area contributed by atoms with Gasteiger partial charge in [-0.2, -0.15) is 0 Å². The van der Waals surface area contributed by atoms with Gasteiger partial charge < -0.3 is 30.5 Å². The first-order valence-corrected chi connectivity index (χ1v) is 13.9. The average Bonchev–Trinajstić information content (AvgIpc) is 3.33. The first-order valence-electron chi connectivity index (χ1n) is 13.9. The second-order valence-corrected chi connectivity index (χ2v) is 10.5. The lowest BCUT2D eigenvalue weighted by Crippen LogP contribution is -2.56. The monoisotopic (exact) mass is 561 g/mol. The third-order valence-corrected chi connectivity index (χ3v) is 7.51. The molecule has 0 bridgehead atoms. The van der Waals surface area contributed by atoms with Crippen LogP contribution in [0.2, 0.25) is 0 Å². The molecule has 1 aliphatic heterocycles. The number of nitrogens with two attached hydrogens (primary N) is 1. The quantitative estimate of drug-likeness (QED) is 0.288. The number of esters is 2. The fraction of sp³-hybridized carbons (Fsp3) is 0.621. The third-order valence-electron chi connectivity index (χ3n) is 7.51. The molecule has 7 atom stereocenters. The fourth-order valence-corrected chi connectivity index (χ4v) is 4.69. The zero-order chi connectivity index (χ0) is 30.0. The number of carboxylic acid groups (broad SMARTS) is 1. The molecule has 1 heterocycles. The molecule has 1 aromatic rings. The largest absolute Gasteiger partial charge is 0.481 e. The number of nitrogens with zero attached hydrogens (tertiary/aromatic N) is 1. The molecule has 0 aromatic heterocycles. The molecule has 0 radical (unpaired) electrons. The number of nitrogens with one attached hydrogen (secondary N) is 1. The summed E-state index contributed by atoms with van der Waals surface area (Å²) in [6.07, 6.45) is -1.36. The number of carbonyl (C=O) groups is 5. The van der Waals surface area contributed by atoms with E-state index < -0.39 is 60.6 Å². The molecule has 0 saturated carbocycles. The Morgan fingerprint density at radius 3 is 2.30 bits per heavy atom. The number of rotatable bonds is 14. The van der Waals surface area contributed by atoms with Crippen LogP contribution in [0.1, 0.15) is 65.9 Å². The van der Waals surface area contributed by atoms with Crippen LogP contribution in [0.4, 0.5) is 0 Å². The van der Waals surface area contributed by atoms with E-state index in [-0.39, 0.29) is 37.1 Å². The molecule has 1 fully saturated rings. The first kappa shape index (κ1) is 32.7. The van der Waals surface area contributed by atoms with Gasteiger partial charge in [0.1, 0.15) is 24.3 Å². The van der Waals surface area contributed by atoms with E-state index in [1.165, 1.54) is 11.8 Å². The minimum atomic E-state index is -1.36. The number of hydrogen-bond donors (Lipinski definition) is 3. The third kappa shape index (κ3) is 9.04. The topological polar surface area (TPSA) is 165 Å². The number of aliphatic carboxylic acids is 1. The van der Waals surface area contributed by atoms with E-state index >= 15 is 0 Å². The molecule has 0 aliphatic carbocycles. The SMILES string of the molecule is CCC(C)C(=O)NC(Cc1ccccc1)C(=O)OC(CC(=O)O)C1C(OC(C)=O)CCN1C(=O)C(N)C(C)CC. The Morgan fingerprint density at radius 1 is 1.10 bits per heavy atom. The summed E-state index contributed by atoms with van der Waals surface area (Å²) in [7, 11) is 0. The minimum Gasteiger partial charge on any atom is -0.481 e. The standard InChI is InChI=1S/C29H43N3O8/c1-6-17(3)25(30)28(37)32-14-13-22(39-19(5)33)26(32)23(16-24(34)35)40-29(38)21(31-27(36)18(4)7-2)15-20-11-9-8-10-12-20/h8-12,17-18,21-23,25-26H,6-7,13-16,30H2,1-5H3,(H,31,36)(H,34,35). The van der Waals surface area contributed by atoms with Gasteiger partial charge in [0.15, 0.2) is 0 Å². The Labute approximate surface area is 235 Å². The van der Waals surface area contributed by atoms with Crippen molar-refractivity contribution in [2.24, 2.45) is 17.6 Å². The number of ether oxygens (including phenoxy) is 2. The van der Waals surface area contributed by atoms with E-state index in [9.17, 15) is 29.1 Å². The van der Waals surface area contributed by atoms with Crippen LogP contribution in [0.15, 0.2) is 30.3 Å². The molecule has 222 valence electrons. The average molecular weight is 562 g/mol. The van der Waals surface area contributed by atoms with Crippen molar-refractivity contribution < 1.29 is 38.6 Å². The van der Waals surface area contributed by atoms with Crippen molar-refractivity contribution in [3.05, 3.63) is 35.9 Å². The molecule has 11 nitrogen and oxygen atoms in total. The highest BCUT2D eigenvalue weighted by atomic mass is 16.6. The van der Waals surface area contributed by atoms with Crippen molar-refractivity contribution in [2.45, 2.75) is 97.1 Å². The molecule has 40 heavy (non-hydrogen) atoms. The van der Waals surface area contributed by atoms with Crippen LogP contribution in [0.3, 0.4) is 0 Å². The Kier molecular flexibility index (Phi) is 12.6. The molecule has 11 heteroatoms. The Balaban J connectivity index is 2.43. The molecule has 2 rings (SSSR count). The summed E-state index contributed by atoms with van der Waals surface area (Å²) in [5.74, 6) is -4.03. The number of hydrogen-bond acceptors (Lipinski definition) is 8. The lowest BCUT2D eigenvalue weighted by molar-refractivity contribution is -0.167. The summed E-state index contributed by atoms with van der Waals surface area (Å²) in [5.41, 5.74) is 6.99. The van der Waals surface area contributed by atoms with Crippen LogP contribution in [-0.4, -0.2) is 76.6 Å². The highest BCUT2D eigenvalue weighted by Crippen LogP contribution is 2.29. The van der Waals surface area contributed by atoms with Crippen molar-refractivity contribution in [2.75, 3.05) is 6.54 Å². The normalized spacial score (nSPS) is 20.5. The van der Waals surface area contributed by atoms with E-state index in [1.807, 2.05) is 26.8 Å². The highest BCUT2D eigenvalue weighted by Gasteiger charge is 2.48. The van der Waals surface area contributed by atoms with Gasteiger partial charge in [0.25, 0.3) is 0 Å². The number of carboxylic acids is 1. The number of likely N-dealkylation sites (tertiary alicyclic amines) is 1. The maximum absolute atomic E-state index is 13.6. The van der Waals surface area contributed by atoms with Gasteiger partial charge in [-0.05, 0) is 17.9 Å². The van der Waals surface area contributed by atoms with Crippen molar-refractivity contribution in [1.82, 2.24) is 10.2 Å². The Morgan fingerprint density at radius 2 is 1.75 bits per heavy atom. The zero-order valence-corrected chi connectivity index (χ0v) is 24.0. The van der Waals surface area contributed by atoms with Gasteiger partial charge in [-0.3, -0.25) is 19.2 Å². The van der Waals surface area contributed by atoms with Crippen LogP contribution in [-0.2, 0) is 39.9 Å². The summed E-state index contributed by atoms with van der Waals surface area (Å²) in [6.45, 7) is 8.68. The zero-order valence-electron chi connectivity index (χ0n) is 24.0. The van der Waals surface area contributed by atoms with Gasteiger partial charge in [0.2, 0.25) is 11.8 Å². The minimum absolute atomic E-state index is 0.112. The first-order chi connectivity index (χ1) is 18.9. The molecule has 1 aromatic carbocycles. The maximum atomic E-state index is 13.6. The Hall–Kier alpha value is -3.47. The summed E-state index contributed by atoms with van der Waals surface area (Å²) >= 11 is 0. The molecule has 1 aliphatic rings. The van der Waals surface area contributed by atoms with E-state index in [0.717, 1.165) is 5.56 Å². The predicted molar refractivity (Wildman–Crippen MR) is 147 cm³/mol. The van der Waals surface area contributed by atoms with Crippen LogP contribution < -0.4 is 11.1 Å². The van der Waals surface area contributed by atoms with Gasteiger partial charge in [-0.25, -0.2) is 4.79 Å². The van der Waals surface area contributed by atoms with Crippen LogP contribution in [0.25, 0.3) is 0 Å². The van der Waals surface area contributed by atoms with Crippen LogP contribution in [0, 0.1) is 11.8 Å². The molecular formula is C29H43N3O8. The Bertz CT molecular complexity index is 1030. The molecule has 7 unspecified atom stereocenters. The molecule has 1 saturated heterocycles. The van der Waals surface area contributed by atoms with Crippen molar-refractivity contribution in [3.63, 3.8) is 0 Å². The summed E-state index contributed by atoms with van der Waals surface area (Å²) < 4.78 is 11.2. The van der Waals surface area contributed by atoms with Crippen LogP contribution in [0.5, 0.6) is 0 Å². The smallest absolute Gasteiger partial charge is 0.329 e. The van der Waals surface area contributed by atoms with Gasteiger partial charge >= 0.3 is 17.9 Å². The molecule has 4 N–H and O–H groups in total. The number of amides is 2. The summed E-state index contributed by atoms with van der Waals surface area (Å²) in [4.78, 5) is 64.9. The fourth-order valence-electron chi connectivity index (χ4n) is 4.69. The van der Waals surface area contributed by atoms with Crippen LogP contribution >= 0.6 is 0 Å². The number of benzene rings is 1. The van der Waals surface area contributed by atoms with E-state index in [0.29, 0.717) is 12.8 Å². The van der Waals surface area contributed by atoms with E-state index in [4.69, 9.17) is 15.2 Å². The maximum Gasteiger partial charge on any atom is 0.329 e. The van der Waals surface area contributed by atoms with Gasteiger partial charge in [-0.1, -0.05) is 64.4 Å². The summed E-state index contributed by atoms with van der Waals surface area (Å²) in [5, 5.41) is 12.4. The lowest BCUT2D eigenvalue weighted by atomic mass is 9.97. The molecule has 2 amide bonds. The molecular weight excluding hydrogens is 518 g/mol.